The summed E-state index contributed by atoms with van der Waals surface area (Å²) < 4.78 is 9.46. The first-order chi connectivity index (χ1) is 14.4. The van der Waals surface area contributed by atoms with Crippen molar-refractivity contribution in [3.8, 4) is 0 Å². The number of carbonyl (C=O) groups is 3. The van der Waals surface area contributed by atoms with Gasteiger partial charge in [-0.1, -0.05) is 30.3 Å². The second kappa shape index (κ2) is 9.09. The van der Waals surface area contributed by atoms with Crippen LogP contribution in [0.1, 0.15) is 20.7 Å². The van der Waals surface area contributed by atoms with Gasteiger partial charge in [-0.25, -0.2) is 9.59 Å². The number of benzene rings is 3. The van der Waals surface area contributed by atoms with E-state index in [4.69, 9.17) is 9.47 Å². The lowest BCUT2D eigenvalue weighted by Gasteiger charge is -2.20. The van der Waals surface area contributed by atoms with Crippen LogP contribution in [0.2, 0.25) is 0 Å². The van der Waals surface area contributed by atoms with Crippen molar-refractivity contribution in [2.75, 3.05) is 38.0 Å². The van der Waals surface area contributed by atoms with Crippen LogP contribution in [0, 0.1) is 0 Å². The summed E-state index contributed by atoms with van der Waals surface area (Å²) in [5.74, 6) is -1.54. The van der Waals surface area contributed by atoms with Crippen LogP contribution < -0.4 is 10.2 Å². The normalized spacial score (nSPS) is 10.4. The Kier molecular flexibility index (Phi) is 6.32. The maximum absolute atomic E-state index is 12.7. The Bertz CT molecular complexity index is 1110. The highest BCUT2D eigenvalue weighted by molar-refractivity contribution is 6.04. The van der Waals surface area contributed by atoms with Crippen molar-refractivity contribution in [1.82, 2.24) is 0 Å². The Balaban J connectivity index is 1.79. The van der Waals surface area contributed by atoms with E-state index in [2.05, 4.69) is 5.32 Å². The molecule has 0 aliphatic heterocycles. The number of fused-ring (bicyclic) bond motifs is 1. The third kappa shape index (κ3) is 4.57. The van der Waals surface area contributed by atoms with E-state index in [1.807, 2.05) is 42.5 Å². The van der Waals surface area contributed by atoms with E-state index < -0.39 is 11.9 Å². The Morgan fingerprint density at radius 3 is 2.27 bits per heavy atom. The molecule has 0 aliphatic carbocycles. The molecule has 30 heavy (non-hydrogen) atoms. The van der Waals surface area contributed by atoms with Gasteiger partial charge in [-0.3, -0.25) is 4.79 Å². The zero-order valence-electron chi connectivity index (χ0n) is 17.0. The van der Waals surface area contributed by atoms with Crippen molar-refractivity contribution < 1.29 is 23.9 Å². The lowest BCUT2D eigenvalue weighted by molar-refractivity contribution is -0.114. The molecule has 7 heteroatoms. The molecule has 0 heterocycles. The summed E-state index contributed by atoms with van der Waals surface area (Å²) >= 11 is 0. The number of carbonyl (C=O) groups excluding carboxylic acids is 3. The lowest BCUT2D eigenvalue weighted by Crippen LogP contribution is -2.30. The SMILES string of the molecule is COC(=O)c1ccc(C(=O)OC)c(NC(=O)CN(C)c2ccc3ccccc3c2)c1. The largest absolute Gasteiger partial charge is 0.465 e. The minimum Gasteiger partial charge on any atom is -0.465 e. The molecule has 7 nitrogen and oxygen atoms in total. The zero-order chi connectivity index (χ0) is 21.7. The summed E-state index contributed by atoms with van der Waals surface area (Å²) in [5.41, 5.74) is 1.41. The number of rotatable bonds is 6. The maximum atomic E-state index is 12.7. The number of methoxy groups -OCH3 is 2. The minimum atomic E-state index is -0.621. The van der Waals surface area contributed by atoms with E-state index in [-0.39, 0.29) is 29.3 Å². The molecule has 0 fully saturated rings. The third-order valence-corrected chi connectivity index (χ3v) is 4.67. The van der Waals surface area contributed by atoms with Gasteiger partial charge in [0, 0.05) is 12.7 Å². The van der Waals surface area contributed by atoms with Gasteiger partial charge in [0.2, 0.25) is 5.91 Å². The number of nitrogens with zero attached hydrogens (tertiary/aromatic N) is 1. The van der Waals surface area contributed by atoms with E-state index in [1.54, 1.807) is 11.9 Å². The molecule has 0 spiro atoms. The standard InChI is InChI=1S/C23H22N2O5/c1-25(18-10-8-15-6-4-5-7-16(15)12-18)14-21(26)24-20-13-17(22(27)29-2)9-11-19(20)23(28)30-3/h4-13H,14H2,1-3H3,(H,24,26). The zero-order valence-corrected chi connectivity index (χ0v) is 17.0. The fourth-order valence-corrected chi connectivity index (χ4v) is 3.09. The van der Waals surface area contributed by atoms with Gasteiger partial charge in [-0.15, -0.1) is 0 Å². The molecule has 1 amide bonds. The molecule has 0 unspecified atom stereocenters. The molecule has 0 saturated carbocycles. The topological polar surface area (TPSA) is 84.9 Å². The Morgan fingerprint density at radius 1 is 0.867 bits per heavy atom. The minimum absolute atomic E-state index is 0.0431. The molecule has 0 atom stereocenters. The van der Waals surface area contributed by atoms with Gasteiger partial charge < -0.3 is 19.7 Å². The Hall–Kier alpha value is -3.87. The molecule has 3 rings (SSSR count). The molecule has 0 aliphatic rings. The third-order valence-electron chi connectivity index (χ3n) is 4.67. The van der Waals surface area contributed by atoms with Crippen molar-refractivity contribution in [3.63, 3.8) is 0 Å². The number of hydrogen-bond acceptors (Lipinski definition) is 6. The first-order valence-electron chi connectivity index (χ1n) is 9.23. The van der Waals surface area contributed by atoms with Gasteiger partial charge in [-0.05, 0) is 41.1 Å². The highest BCUT2D eigenvalue weighted by atomic mass is 16.5. The maximum Gasteiger partial charge on any atom is 0.339 e. The van der Waals surface area contributed by atoms with Crippen LogP contribution in [0.5, 0.6) is 0 Å². The number of ether oxygens (including phenoxy) is 2. The number of amides is 1. The molecule has 154 valence electrons. The molecule has 0 aromatic heterocycles. The van der Waals surface area contributed by atoms with Gasteiger partial charge >= 0.3 is 11.9 Å². The van der Waals surface area contributed by atoms with Crippen LogP contribution in [-0.4, -0.2) is 45.7 Å². The number of hydrogen-bond donors (Lipinski definition) is 1. The van der Waals surface area contributed by atoms with Crippen molar-refractivity contribution in [1.29, 1.82) is 0 Å². The number of nitrogens with one attached hydrogen (secondary N) is 1. The predicted octanol–water partition coefficient (Wildman–Crippen LogP) is 3.49. The van der Waals surface area contributed by atoms with Crippen LogP contribution >= 0.6 is 0 Å². The van der Waals surface area contributed by atoms with E-state index in [0.717, 1.165) is 16.5 Å². The van der Waals surface area contributed by atoms with Gasteiger partial charge in [0.1, 0.15) is 0 Å². The quantitative estimate of drug-likeness (QED) is 0.631. The summed E-state index contributed by atoms with van der Waals surface area (Å²) in [6.45, 7) is 0.0431. The summed E-state index contributed by atoms with van der Waals surface area (Å²) in [6.07, 6.45) is 0. The molecule has 3 aromatic carbocycles. The predicted molar refractivity (Wildman–Crippen MR) is 115 cm³/mol. The average Bonchev–Trinajstić information content (AvgIpc) is 2.77. The monoisotopic (exact) mass is 406 g/mol. The van der Waals surface area contributed by atoms with Crippen LogP contribution in [0.4, 0.5) is 11.4 Å². The highest BCUT2D eigenvalue weighted by Crippen LogP contribution is 2.22. The lowest BCUT2D eigenvalue weighted by atomic mass is 10.1. The first-order valence-corrected chi connectivity index (χ1v) is 9.23. The van der Waals surface area contributed by atoms with E-state index in [1.165, 1.54) is 32.4 Å². The summed E-state index contributed by atoms with van der Waals surface area (Å²) in [6, 6.07) is 18.1. The van der Waals surface area contributed by atoms with Gasteiger partial charge in [0.05, 0.1) is 37.6 Å². The van der Waals surface area contributed by atoms with Crippen LogP contribution in [0.3, 0.4) is 0 Å². The smallest absolute Gasteiger partial charge is 0.339 e. The fourth-order valence-electron chi connectivity index (χ4n) is 3.09. The highest BCUT2D eigenvalue weighted by Gasteiger charge is 2.18. The van der Waals surface area contributed by atoms with E-state index in [9.17, 15) is 14.4 Å². The number of likely N-dealkylation sites (N-methyl/N-ethyl adjacent to an activating group) is 1. The average molecular weight is 406 g/mol. The number of anilines is 2. The van der Waals surface area contributed by atoms with Gasteiger partial charge in [0.25, 0.3) is 0 Å². The molecule has 3 aromatic rings. The molecule has 1 N–H and O–H groups in total. The van der Waals surface area contributed by atoms with Gasteiger partial charge in [-0.2, -0.15) is 0 Å². The Labute approximate surface area is 174 Å². The van der Waals surface area contributed by atoms with Gasteiger partial charge in [0.15, 0.2) is 0 Å². The van der Waals surface area contributed by atoms with Crippen LogP contribution in [0.15, 0.2) is 60.7 Å². The van der Waals surface area contributed by atoms with Crippen LogP contribution in [0.25, 0.3) is 10.8 Å². The first kappa shape index (κ1) is 20.9. The molecule has 0 radical (unpaired) electrons. The molecular weight excluding hydrogens is 384 g/mol. The summed E-state index contributed by atoms with van der Waals surface area (Å²) in [4.78, 5) is 38.3. The second-order valence-corrected chi connectivity index (χ2v) is 6.68. The molecular formula is C23H22N2O5. The van der Waals surface area contributed by atoms with Crippen molar-refractivity contribution >= 4 is 40.0 Å². The Morgan fingerprint density at radius 2 is 1.57 bits per heavy atom. The molecule has 0 saturated heterocycles. The summed E-state index contributed by atoms with van der Waals surface area (Å²) in [7, 11) is 4.30. The second-order valence-electron chi connectivity index (χ2n) is 6.68. The van der Waals surface area contributed by atoms with Crippen molar-refractivity contribution in [3.05, 3.63) is 71.8 Å². The van der Waals surface area contributed by atoms with E-state index in [0.29, 0.717) is 0 Å². The van der Waals surface area contributed by atoms with Crippen LogP contribution in [-0.2, 0) is 14.3 Å². The fraction of sp³-hybridized carbons (Fsp3) is 0.174. The van der Waals surface area contributed by atoms with Crippen molar-refractivity contribution in [2.45, 2.75) is 0 Å². The van der Waals surface area contributed by atoms with E-state index >= 15 is 0 Å². The molecule has 0 bridgehead atoms. The van der Waals surface area contributed by atoms with Crippen molar-refractivity contribution in [2.24, 2.45) is 0 Å². The number of esters is 2. The summed E-state index contributed by atoms with van der Waals surface area (Å²) in [5, 5.41) is 4.88.